The second-order valence-corrected chi connectivity index (χ2v) is 7.67. The first-order valence-electron chi connectivity index (χ1n) is 9.11. The number of fused-ring (bicyclic) bond motifs is 1. The van der Waals surface area contributed by atoms with Gasteiger partial charge in [-0.25, -0.2) is 9.97 Å². The minimum absolute atomic E-state index is 0.00674. The SMILES string of the molecule is Cc1cccc(-c2c[nH]c3c(SCC(=O)NC[C@@H]4CCCO4)ncnc23)c1. The van der Waals surface area contributed by atoms with Crippen molar-refractivity contribution < 1.29 is 9.53 Å². The Morgan fingerprint density at radius 1 is 1.41 bits per heavy atom. The third-order valence-electron chi connectivity index (χ3n) is 4.65. The van der Waals surface area contributed by atoms with Crippen LogP contribution in [0.1, 0.15) is 18.4 Å². The van der Waals surface area contributed by atoms with Gasteiger partial charge in [-0.05, 0) is 25.3 Å². The molecule has 1 fully saturated rings. The Hall–Kier alpha value is -2.38. The molecular formula is C20H22N4O2S. The fourth-order valence-corrected chi connectivity index (χ4v) is 4.07. The van der Waals surface area contributed by atoms with Gasteiger partial charge in [0, 0.05) is 24.9 Å². The van der Waals surface area contributed by atoms with Crippen LogP contribution in [0.5, 0.6) is 0 Å². The number of nitrogens with one attached hydrogen (secondary N) is 2. The van der Waals surface area contributed by atoms with Crippen LogP contribution in [0.3, 0.4) is 0 Å². The van der Waals surface area contributed by atoms with Gasteiger partial charge in [0.15, 0.2) is 0 Å². The molecule has 3 aromatic rings. The Bertz CT molecular complexity index is 950. The van der Waals surface area contributed by atoms with E-state index in [0.717, 1.165) is 46.6 Å². The quantitative estimate of drug-likeness (QED) is 0.505. The lowest BCUT2D eigenvalue weighted by Gasteiger charge is -2.10. The van der Waals surface area contributed by atoms with Gasteiger partial charge in [0.05, 0.1) is 17.4 Å². The van der Waals surface area contributed by atoms with Crippen molar-refractivity contribution in [3.05, 3.63) is 42.4 Å². The van der Waals surface area contributed by atoms with Gasteiger partial charge in [-0.3, -0.25) is 4.79 Å². The molecule has 6 nitrogen and oxygen atoms in total. The molecule has 1 aromatic carbocycles. The van der Waals surface area contributed by atoms with Crippen LogP contribution in [0, 0.1) is 6.92 Å². The maximum absolute atomic E-state index is 12.1. The van der Waals surface area contributed by atoms with E-state index in [1.54, 1.807) is 6.33 Å². The highest BCUT2D eigenvalue weighted by Gasteiger charge is 2.17. The van der Waals surface area contributed by atoms with Crippen LogP contribution in [0.25, 0.3) is 22.2 Å². The van der Waals surface area contributed by atoms with E-state index >= 15 is 0 Å². The molecule has 27 heavy (non-hydrogen) atoms. The van der Waals surface area contributed by atoms with Crippen LogP contribution in [-0.2, 0) is 9.53 Å². The highest BCUT2D eigenvalue weighted by molar-refractivity contribution is 8.00. The average Bonchev–Trinajstić information content (AvgIpc) is 3.34. The van der Waals surface area contributed by atoms with Crippen molar-refractivity contribution >= 4 is 28.7 Å². The summed E-state index contributed by atoms with van der Waals surface area (Å²) in [7, 11) is 0. The number of hydrogen-bond donors (Lipinski definition) is 2. The second-order valence-electron chi connectivity index (χ2n) is 6.70. The third-order valence-corrected chi connectivity index (χ3v) is 5.64. The monoisotopic (exact) mass is 382 g/mol. The highest BCUT2D eigenvalue weighted by Crippen LogP contribution is 2.31. The molecule has 0 saturated carbocycles. The number of amides is 1. The number of aryl methyl sites for hydroxylation is 1. The van der Waals surface area contributed by atoms with Gasteiger partial charge in [-0.1, -0.05) is 41.6 Å². The lowest BCUT2D eigenvalue weighted by atomic mass is 10.1. The zero-order chi connectivity index (χ0) is 18.6. The summed E-state index contributed by atoms with van der Waals surface area (Å²) in [6.45, 7) is 3.45. The van der Waals surface area contributed by atoms with E-state index in [4.69, 9.17) is 4.74 Å². The van der Waals surface area contributed by atoms with Crippen LogP contribution >= 0.6 is 11.8 Å². The molecule has 1 atom stereocenters. The Morgan fingerprint density at radius 3 is 3.15 bits per heavy atom. The summed E-state index contributed by atoms with van der Waals surface area (Å²) < 4.78 is 5.53. The van der Waals surface area contributed by atoms with Gasteiger partial charge in [-0.15, -0.1) is 0 Å². The van der Waals surface area contributed by atoms with E-state index in [0.29, 0.717) is 12.3 Å². The Kier molecular flexibility index (Phi) is 5.40. The van der Waals surface area contributed by atoms with Crippen molar-refractivity contribution in [2.75, 3.05) is 18.9 Å². The molecular weight excluding hydrogens is 360 g/mol. The van der Waals surface area contributed by atoms with Gasteiger partial charge in [-0.2, -0.15) is 0 Å². The topological polar surface area (TPSA) is 79.9 Å². The minimum Gasteiger partial charge on any atom is -0.376 e. The smallest absolute Gasteiger partial charge is 0.230 e. The van der Waals surface area contributed by atoms with Gasteiger partial charge < -0.3 is 15.0 Å². The molecule has 1 aliphatic heterocycles. The van der Waals surface area contributed by atoms with E-state index in [1.807, 2.05) is 12.3 Å². The Balaban J connectivity index is 1.45. The van der Waals surface area contributed by atoms with Crippen molar-refractivity contribution in [1.29, 1.82) is 0 Å². The number of benzene rings is 1. The van der Waals surface area contributed by atoms with Gasteiger partial charge in [0.25, 0.3) is 0 Å². The van der Waals surface area contributed by atoms with Gasteiger partial charge in [0.2, 0.25) is 5.91 Å². The first-order valence-corrected chi connectivity index (χ1v) is 10.1. The van der Waals surface area contributed by atoms with Crippen LogP contribution in [0.4, 0.5) is 0 Å². The molecule has 0 aliphatic carbocycles. The molecule has 0 radical (unpaired) electrons. The third kappa shape index (κ3) is 4.14. The summed E-state index contributed by atoms with van der Waals surface area (Å²) in [5.41, 5.74) is 5.10. The first-order chi connectivity index (χ1) is 13.2. The van der Waals surface area contributed by atoms with E-state index in [-0.39, 0.29) is 12.0 Å². The molecule has 0 spiro atoms. The molecule has 4 rings (SSSR count). The van der Waals surface area contributed by atoms with Crippen LogP contribution in [-0.4, -0.2) is 45.9 Å². The normalized spacial score (nSPS) is 16.7. The fourth-order valence-electron chi connectivity index (χ4n) is 3.28. The highest BCUT2D eigenvalue weighted by atomic mass is 32.2. The molecule has 7 heteroatoms. The zero-order valence-corrected chi connectivity index (χ0v) is 16.0. The number of nitrogens with zero attached hydrogens (tertiary/aromatic N) is 2. The number of thioether (sulfide) groups is 1. The van der Waals surface area contributed by atoms with Crippen molar-refractivity contribution in [1.82, 2.24) is 20.3 Å². The van der Waals surface area contributed by atoms with E-state index < -0.39 is 0 Å². The maximum Gasteiger partial charge on any atom is 0.230 e. The molecule has 0 bridgehead atoms. The Labute approximate surface area is 162 Å². The standard InChI is InChI=1S/C20H22N4O2S/c1-13-4-2-5-14(8-13)16-10-22-19-18(16)23-12-24-20(19)27-11-17(25)21-9-15-6-3-7-26-15/h2,4-5,8,10,12,15,22H,3,6-7,9,11H2,1H3,(H,21,25)/t15-/m0/s1. The van der Waals surface area contributed by atoms with Crippen molar-refractivity contribution in [3.8, 4) is 11.1 Å². The molecule has 1 saturated heterocycles. The number of carbonyl (C=O) groups is 1. The van der Waals surface area contributed by atoms with Crippen LogP contribution in [0.2, 0.25) is 0 Å². The largest absolute Gasteiger partial charge is 0.376 e. The number of rotatable bonds is 6. The second kappa shape index (κ2) is 8.10. The van der Waals surface area contributed by atoms with Crippen LogP contribution in [0.15, 0.2) is 41.8 Å². The zero-order valence-electron chi connectivity index (χ0n) is 15.2. The molecule has 140 valence electrons. The number of aromatic nitrogens is 3. The molecule has 1 amide bonds. The molecule has 2 aromatic heterocycles. The predicted octanol–water partition coefficient (Wildman–Crippen LogP) is 3.32. The summed E-state index contributed by atoms with van der Waals surface area (Å²) in [5.74, 6) is 0.310. The molecule has 3 heterocycles. The van der Waals surface area contributed by atoms with Crippen molar-refractivity contribution in [3.63, 3.8) is 0 Å². The fraction of sp³-hybridized carbons (Fsp3) is 0.350. The first kappa shape index (κ1) is 18.0. The summed E-state index contributed by atoms with van der Waals surface area (Å²) in [5, 5.41) is 3.73. The maximum atomic E-state index is 12.1. The summed E-state index contributed by atoms with van der Waals surface area (Å²) in [6, 6.07) is 8.32. The Morgan fingerprint density at radius 2 is 2.33 bits per heavy atom. The number of carbonyl (C=O) groups excluding carboxylic acids is 1. The van der Waals surface area contributed by atoms with Gasteiger partial charge >= 0.3 is 0 Å². The van der Waals surface area contributed by atoms with Crippen molar-refractivity contribution in [2.45, 2.75) is 30.9 Å². The minimum atomic E-state index is -0.00674. The lowest BCUT2D eigenvalue weighted by Crippen LogP contribution is -2.32. The van der Waals surface area contributed by atoms with Gasteiger partial charge in [0.1, 0.15) is 16.9 Å². The molecule has 0 unspecified atom stereocenters. The van der Waals surface area contributed by atoms with E-state index in [1.165, 1.54) is 17.3 Å². The number of H-pyrrole nitrogens is 1. The van der Waals surface area contributed by atoms with Crippen molar-refractivity contribution in [2.24, 2.45) is 0 Å². The van der Waals surface area contributed by atoms with Crippen LogP contribution < -0.4 is 5.32 Å². The number of aromatic amines is 1. The number of hydrogen-bond acceptors (Lipinski definition) is 5. The number of ether oxygens (including phenoxy) is 1. The summed E-state index contributed by atoms with van der Waals surface area (Å²) in [6.07, 6.45) is 5.76. The molecule has 1 aliphatic rings. The lowest BCUT2D eigenvalue weighted by molar-refractivity contribution is -0.119. The average molecular weight is 382 g/mol. The summed E-state index contributed by atoms with van der Waals surface area (Å²) >= 11 is 1.42. The van der Waals surface area contributed by atoms with E-state index in [2.05, 4.69) is 45.4 Å². The summed E-state index contributed by atoms with van der Waals surface area (Å²) in [4.78, 5) is 24.2. The van der Waals surface area contributed by atoms with E-state index in [9.17, 15) is 4.79 Å². The predicted molar refractivity (Wildman–Crippen MR) is 107 cm³/mol. The molecule has 2 N–H and O–H groups in total.